The molecule has 0 amide bonds. The predicted octanol–water partition coefficient (Wildman–Crippen LogP) is 0.214. The van der Waals surface area contributed by atoms with Gasteiger partial charge in [-0.25, -0.2) is 0 Å². The van der Waals surface area contributed by atoms with Gasteiger partial charge in [-0.05, 0) is 20.0 Å². The molecule has 0 saturated carbocycles. The van der Waals surface area contributed by atoms with Crippen molar-refractivity contribution in [2.75, 3.05) is 20.1 Å². The fourth-order valence-corrected chi connectivity index (χ4v) is 1.93. The maximum absolute atomic E-state index is 4.14. The summed E-state index contributed by atoms with van der Waals surface area (Å²) in [5, 5.41) is 7.69. The molecule has 14 heavy (non-hydrogen) atoms. The van der Waals surface area contributed by atoms with Gasteiger partial charge in [0, 0.05) is 37.9 Å². The van der Waals surface area contributed by atoms with Gasteiger partial charge in [-0.3, -0.25) is 4.68 Å². The second-order valence-corrected chi connectivity index (χ2v) is 4.15. The number of likely N-dealkylation sites (N-methyl/N-ethyl adjacent to an activating group) is 1. The van der Waals surface area contributed by atoms with Gasteiger partial charge in [-0.15, -0.1) is 0 Å². The molecule has 1 aromatic heterocycles. The molecule has 0 unspecified atom stereocenters. The van der Waals surface area contributed by atoms with Gasteiger partial charge in [0.2, 0.25) is 0 Å². The topological polar surface area (TPSA) is 33.1 Å². The van der Waals surface area contributed by atoms with E-state index in [9.17, 15) is 0 Å². The summed E-state index contributed by atoms with van der Waals surface area (Å²) in [6, 6.07) is 0.653. The maximum atomic E-state index is 4.14. The minimum Gasteiger partial charge on any atom is -0.308 e. The van der Waals surface area contributed by atoms with Gasteiger partial charge in [-0.2, -0.15) is 5.10 Å². The maximum Gasteiger partial charge on any atom is 0.0534 e. The number of aromatic nitrogens is 2. The molecule has 4 nitrogen and oxygen atoms in total. The van der Waals surface area contributed by atoms with Crippen molar-refractivity contribution >= 4 is 0 Å². The SMILES string of the molecule is CN1CC[C@H](NCc2cnn(C)c2)C1. The lowest BCUT2D eigenvalue weighted by Gasteiger charge is -2.11. The zero-order valence-electron chi connectivity index (χ0n) is 8.90. The summed E-state index contributed by atoms with van der Waals surface area (Å²) in [6.45, 7) is 3.32. The molecule has 2 heterocycles. The molecule has 1 N–H and O–H groups in total. The van der Waals surface area contributed by atoms with Crippen LogP contribution in [0.15, 0.2) is 12.4 Å². The Morgan fingerprint density at radius 2 is 2.43 bits per heavy atom. The van der Waals surface area contributed by atoms with Gasteiger partial charge in [0.1, 0.15) is 0 Å². The highest BCUT2D eigenvalue weighted by Gasteiger charge is 2.18. The molecule has 0 aliphatic carbocycles. The lowest BCUT2D eigenvalue weighted by Crippen LogP contribution is -2.30. The molecule has 1 saturated heterocycles. The van der Waals surface area contributed by atoms with Crippen LogP contribution in [-0.2, 0) is 13.6 Å². The molecule has 1 fully saturated rings. The van der Waals surface area contributed by atoms with Crippen LogP contribution in [0.4, 0.5) is 0 Å². The minimum absolute atomic E-state index is 0.653. The molecule has 0 radical (unpaired) electrons. The summed E-state index contributed by atoms with van der Waals surface area (Å²) in [5.41, 5.74) is 1.27. The minimum atomic E-state index is 0.653. The van der Waals surface area contributed by atoms with E-state index in [1.165, 1.54) is 25.1 Å². The number of nitrogens with one attached hydrogen (secondary N) is 1. The number of likely N-dealkylation sites (tertiary alicyclic amines) is 1. The van der Waals surface area contributed by atoms with Crippen LogP contribution < -0.4 is 5.32 Å². The van der Waals surface area contributed by atoms with Gasteiger partial charge in [0.05, 0.1) is 6.20 Å². The summed E-state index contributed by atoms with van der Waals surface area (Å²) in [6.07, 6.45) is 5.24. The Hall–Kier alpha value is -0.870. The summed E-state index contributed by atoms with van der Waals surface area (Å²) in [4.78, 5) is 2.36. The number of nitrogens with zero attached hydrogens (tertiary/aromatic N) is 3. The zero-order valence-corrected chi connectivity index (χ0v) is 8.90. The van der Waals surface area contributed by atoms with Crippen LogP contribution in [0.2, 0.25) is 0 Å². The van der Waals surface area contributed by atoms with E-state index in [2.05, 4.69) is 28.6 Å². The Kier molecular flexibility index (Phi) is 2.84. The third kappa shape index (κ3) is 2.33. The molecule has 1 aliphatic heterocycles. The van der Waals surface area contributed by atoms with Crippen LogP contribution in [0.25, 0.3) is 0 Å². The Bertz CT molecular complexity index is 294. The smallest absolute Gasteiger partial charge is 0.0534 e. The van der Waals surface area contributed by atoms with Gasteiger partial charge >= 0.3 is 0 Å². The Balaban J connectivity index is 1.77. The fourth-order valence-electron chi connectivity index (χ4n) is 1.93. The standard InChI is InChI=1S/C10H18N4/c1-13-4-3-10(8-13)11-5-9-6-12-14(2)7-9/h6-7,10-11H,3-5,8H2,1-2H3/t10-/m0/s1. The third-order valence-corrected chi connectivity index (χ3v) is 2.74. The number of rotatable bonds is 3. The molecule has 1 aromatic rings. The number of hydrogen-bond donors (Lipinski definition) is 1. The molecule has 2 rings (SSSR count). The van der Waals surface area contributed by atoms with Gasteiger partial charge < -0.3 is 10.2 Å². The first-order chi connectivity index (χ1) is 6.74. The van der Waals surface area contributed by atoms with E-state index in [4.69, 9.17) is 0 Å². The van der Waals surface area contributed by atoms with E-state index in [0.29, 0.717) is 6.04 Å². The van der Waals surface area contributed by atoms with Crippen LogP contribution in [-0.4, -0.2) is 40.9 Å². The molecule has 0 bridgehead atoms. The van der Waals surface area contributed by atoms with Crippen molar-refractivity contribution in [1.82, 2.24) is 20.0 Å². The van der Waals surface area contributed by atoms with Crippen molar-refractivity contribution in [3.63, 3.8) is 0 Å². The molecule has 1 atom stereocenters. The third-order valence-electron chi connectivity index (χ3n) is 2.74. The fraction of sp³-hybridized carbons (Fsp3) is 0.700. The largest absolute Gasteiger partial charge is 0.308 e. The van der Waals surface area contributed by atoms with E-state index in [1.807, 2.05) is 17.9 Å². The summed E-state index contributed by atoms with van der Waals surface area (Å²) in [7, 11) is 4.12. The van der Waals surface area contributed by atoms with Crippen LogP contribution in [0.5, 0.6) is 0 Å². The van der Waals surface area contributed by atoms with Crippen molar-refractivity contribution in [1.29, 1.82) is 0 Å². The Labute approximate surface area is 84.9 Å². The van der Waals surface area contributed by atoms with Crippen molar-refractivity contribution in [2.45, 2.75) is 19.0 Å². The second kappa shape index (κ2) is 4.11. The van der Waals surface area contributed by atoms with E-state index < -0.39 is 0 Å². The summed E-state index contributed by atoms with van der Waals surface area (Å²) >= 11 is 0. The van der Waals surface area contributed by atoms with Gasteiger partial charge in [0.25, 0.3) is 0 Å². The predicted molar refractivity (Wildman–Crippen MR) is 55.9 cm³/mol. The highest BCUT2D eigenvalue weighted by atomic mass is 15.2. The first kappa shape index (κ1) is 9.68. The average Bonchev–Trinajstić information content (AvgIpc) is 2.72. The average molecular weight is 194 g/mol. The van der Waals surface area contributed by atoms with Crippen molar-refractivity contribution in [2.24, 2.45) is 7.05 Å². The van der Waals surface area contributed by atoms with Gasteiger partial charge in [-0.1, -0.05) is 0 Å². The lowest BCUT2D eigenvalue weighted by molar-refractivity contribution is 0.397. The summed E-state index contributed by atoms with van der Waals surface area (Å²) < 4.78 is 1.85. The van der Waals surface area contributed by atoms with Crippen LogP contribution >= 0.6 is 0 Å². The van der Waals surface area contributed by atoms with Crippen molar-refractivity contribution in [3.05, 3.63) is 18.0 Å². The molecule has 78 valence electrons. The normalized spacial score (nSPS) is 23.1. The van der Waals surface area contributed by atoms with E-state index in [-0.39, 0.29) is 0 Å². The zero-order chi connectivity index (χ0) is 9.97. The number of hydrogen-bond acceptors (Lipinski definition) is 3. The monoisotopic (exact) mass is 194 g/mol. The Morgan fingerprint density at radius 3 is 3.00 bits per heavy atom. The van der Waals surface area contributed by atoms with E-state index in [0.717, 1.165) is 6.54 Å². The van der Waals surface area contributed by atoms with E-state index >= 15 is 0 Å². The van der Waals surface area contributed by atoms with Crippen molar-refractivity contribution < 1.29 is 0 Å². The highest BCUT2D eigenvalue weighted by molar-refractivity contribution is 5.03. The molecule has 1 aliphatic rings. The molecule has 4 heteroatoms. The molecule has 0 aromatic carbocycles. The van der Waals surface area contributed by atoms with Crippen molar-refractivity contribution in [3.8, 4) is 0 Å². The quantitative estimate of drug-likeness (QED) is 0.747. The number of aryl methyl sites for hydroxylation is 1. The second-order valence-electron chi connectivity index (χ2n) is 4.15. The molecular weight excluding hydrogens is 176 g/mol. The first-order valence-electron chi connectivity index (χ1n) is 5.13. The van der Waals surface area contributed by atoms with Crippen LogP contribution in [0.3, 0.4) is 0 Å². The summed E-state index contributed by atoms with van der Waals surface area (Å²) in [5.74, 6) is 0. The molecule has 0 spiro atoms. The van der Waals surface area contributed by atoms with Crippen LogP contribution in [0.1, 0.15) is 12.0 Å². The van der Waals surface area contributed by atoms with Crippen LogP contribution in [0, 0.1) is 0 Å². The molecular formula is C10H18N4. The lowest BCUT2D eigenvalue weighted by atomic mass is 10.2. The Morgan fingerprint density at radius 1 is 1.57 bits per heavy atom. The van der Waals surface area contributed by atoms with Gasteiger partial charge in [0.15, 0.2) is 0 Å². The van der Waals surface area contributed by atoms with E-state index in [1.54, 1.807) is 0 Å². The first-order valence-corrected chi connectivity index (χ1v) is 5.13. The highest BCUT2D eigenvalue weighted by Crippen LogP contribution is 2.07.